The fraction of sp³-hybridized carbons (Fsp3) is 0.286. The molecule has 0 radical (unpaired) electrons. The predicted octanol–water partition coefficient (Wildman–Crippen LogP) is 3.37. The first-order valence-corrected chi connectivity index (χ1v) is 8.67. The van der Waals surface area contributed by atoms with Crippen molar-refractivity contribution in [2.45, 2.75) is 33.2 Å². The van der Waals surface area contributed by atoms with E-state index in [1.165, 1.54) is 0 Å². The third-order valence-electron chi connectivity index (χ3n) is 4.41. The second-order valence-corrected chi connectivity index (χ2v) is 7.50. The molecule has 134 valence electrons. The summed E-state index contributed by atoms with van der Waals surface area (Å²) in [5, 5.41) is 10.9. The third-order valence-corrected chi connectivity index (χ3v) is 4.41. The molecule has 26 heavy (non-hydrogen) atoms. The lowest BCUT2D eigenvalue weighted by molar-refractivity contribution is -0.122. The Hall–Kier alpha value is -2.95. The van der Waals surface area contributed by atoms with Gasteiger partial charge in [-0.1, -0.05) is 69.3 Å². The maximum atomic E-state index is 12.7. The Bertz CT molecular complexity index is 972. The summed E-state index contributed by atoms with van der Waals surface area (Å²) < 4.78 is 0. The Kier molecular flexibility index (Phi) is 4.89. The smallest absolute Gasteiger partial charge is 0.272 e. The van der Waals surface area contributed by atoms with E-state index in [2.05, 4.69) is 36.3 Å². The summed E-state index contributed by atoms with van der Waals surface area (Å²) >= 11 is 0. The van der Waals surface area contributed by atoms with Crippen LogP contribution in [-0.4, -0.2) is 16.1 Å². The molecule has 0 saturated carbocycles. The molecule has 0 bridgehead atoms. The molecule has 1 aromatic heterocycles. The van der Waals surface area contributed by atoms with Crippen LogP contribution in [0, 0.1) is 5.41 Å². The van der Waals surface area contributed by atoms with Crippen LogP contribution in [0.2, 0.25) is 0 Å². The number of aromatic nitrogens is 2. The number of benzene rings is 2. The molecule has 2 N–H and O–H groups in total. The van der Waals surface area contributed by atoms with Gasteiger partial charge in [-0.3, -0.25) is 9.59 Å². The number of aromatic amines is 1. The molecular weight excluding hydrogens is 326 g/mol. The summed E-state index contributed by atoms with van der Waals surface area (Å²) in [6, 6.07) is 17.0. The van der Waals surface area contributed by atoms with E-state index in [-0.39, 0.29) is 29.3 Å². The predicted molar refractivity (Wildman–Crippen MR) is 103 cm³/mol. The van der Waals surface area contributed by atoms with E-state index in [1.54, 1.807) is 12.1 Å². The minimum absolute atomic E-state index is 0.108. The van der Waals surface area contributed by atoms with Crippen molar-refractivity contribution in [3.05, 3.63) is 76.2 Å². The molecule has 1 heterocycles. The molecule has 5 nitrogen and oxygen atoms in total. The van der Waals surface area contributed by atoms with Crippen molar-refractivity contribution in [2.75, 3.05) is 0 Å². The number of rotatable bonds is 4. The number of H-pyrrole nitrogens is 1. The van der Waals surface area contributed by atoms with Crippen molar-refractivity contribution < 1.29 is 4.79 Å². The van der Waals surface area contributed by atoms with Crippen molar-refractivity contribution in [3.8, 4) is 0 Å². The molecule has 0 fully saturated rings. The number of carbonyl (C=O) groups is 1. The first-order chi connectivity index (χ1) is 12.4. The number of fused-ring (bicyclic) bond motifs is 1. The summed E-state index contributed by atoms with van der Waals surface area (Å²) in [6.07, 6.45) is 0.108. The Morgan fingerprint density at radius 3 is 2.31 bits per heavy atom. The van der Waals surface area contributed by atoms with E-state index in [0.717, 1.165) is 5.56 Å². The normalized spacial score (nSPS) is 12.7. The van der Waals surface area contributed by atoms with Crippen molar-refractivity contribution >= 4 is 16.7 Å². The van der Waals surface area contributed by atoms with Gasteiger partial charge in [-0.15, -0.1) is 0 Å². The van der Waals surface area contributed by atoms with E-state index < -0.39 is 0 Å². The fourth-order valence-corrected chi connectivity index (χ4v) is 3.12. The van der Waals surface area contributed by atoms with Crippen LogP contribution < -0.4 is 10.9 Å². The van der Waals surface area contributed by atoms with E-state index in [1.807, 2.05) is 42.5 Å². The van der Waals surface area contributed by atoms with E-state index >= 15 is 0 Å². The zero-order chi connectivity index (χ0) is 18.7. The van der Waals surface area contributed by atoms with Crippen molar-refractivity contribution in [1.29, 1.82) is 0 Å². The van der Waals surface area contributed by atoms with Gasteiger partial charge in [0.05, 0.1) is 23.5 Å². The average molecular weight is 349 g/mol. The number of hydrogen-bond acceptors (Lipinski definition) is 3. The van der Waals surface area contributed by atoms with E-state index in [4.69, 9.17) is 0 Å². The molecule has 1 atom stereocenters. The highest BCUT2D eigenvalue weighted by Crippen LogP contribution is 2.32. The fourth-order valence-electron chi connectivity index (χ4n) is 3.12. The van der Waals surface area contributed by atoms with Crippen molar-refractivity contribution in [2.24, 2.45) is 5.41 Å². The zero-order valence-corrected chi connectivity index (χ0v) is 15.2. The average Bonchev–Trinajstić information content (AvgIpc) is 2.62. The molecule has 0 aliphatic rings. The van der Waals surface area contributed by atoms with Gasteiger partial charge in [0, 0.05) is 5.39 Å². The van der Waals surface area contributed by atoms with Gasteiger partial charge >= 0.3 is 0 Å². The number of amides is 1. The van der Waals surface area contributed by atoms with Gasteiger partial charge in [-0.25, -0.2) is 5.10 Å². The molecule has 3 aromatic rings. The number of nitrogens with zero attached hydrogens (tertiary/aromatic N) is 1. The Balaban J connectivity index is 1.86. The monoisotopic (exact) mass is 349 g/mol. The van der Waals surface area contributed by atoms with Crippen LogP contribution in [0.1, 0.15) is 38.1 Å². The standard InChI is InChI=1S/C21H23N3O2/c1-21(2,3)19(14-9-5-4-6-10-14)22-18(25)13-17-15-11-7-8-12-16(15)20(26)24-23-17/h4-12,19H,13H2,1-3H3,(H,22,25)(H,24,26). The topological polar surface area (TPSA) is 74.8 Å². The van der Waals surface area contributed by atoms with Gasteiger partial charge in [0.1, 0.15) is 0 Å². The maximum Gasteiger partial charge on any atom is 0.272 e. The molecule has 3 rings (SSSR count). The second-order valence-electron chi connectivity index (χ2n) is 7.50. The molecule has 0 saturated heterocycles. The molecule has 2 aromatic carbocycles. The highest BCUT2D eigenvalue weighted by atomic mass is 16.1. The Labute approximate surface area is 152 Å². The summed E-state index contributed by atoms with van der Waals surface area (Å²) in [4.78, 5) is 24.6. The minimum Gasteiger partial charge on any atom is -0.348 e. The number of hydrogen-bond donors (Lipinski definition) is 2. The van der Waals surface area contributed by atoms with Gasteiger partial charge in [0.2, 0.25) is 5.91 Å². The second kappa shape index (κ2) is 7.12. The lowest BCUT2D eigenvalue weighted by atomic mass is 9.82. The van der Waals surface area contributed by atoms with Gasteiger partial charge in [0.15, 0.2) is 0 Å². The summed E-state index contributed by atoms with van der Waals surface area (Å²) in [7, 11) is 0. The van der Waals surface area contributed by atoms with Crippen LogP contribution >= 0.6 is 0 Å². The van der Waals surface area contributed by atoms with Crippen LogP contribution in [0.5, 0.6) is 0 Å². The molecule has 1 amide bonds. The SMILES string of the molecule is CC(C)(C)C(NC(=O)Cc1n[nH]c(=O)c2ccccc12)c1ccccc1. The molecule has 5 heteroatoms. The highest BCUT2D eigenvalue weighted by molar-refractivity contribution is 5.88. The van der Waals surface area contributed by atoms with E-state index in [9.17, 15) is 9.59 Å². The quantitative estimate of drug-likeness (QED) is 0.758. The third kappa shape index (κ3) is 3.82. The molecule has 1 unspecified atom stereocenters. The molecule has 0 aliphatic carbocycles. The van der Waals surface area contributed by atoms with Gasteiger partial charge in [-0.05, 0) is 17.0 Å². The summed E-state index contributed by atoms with van der Waals surface area (Å²) in [6.45, 7) is 6.29. The van der Waals surface area contributed by atoms with Crippen LogP contribution in [0.3, 0.4) is 0 Å². The molecule has 0 aliphatic heterocycles. The Morgan fingerprint density at radius 2 is 1.65 bits per heavy atom. The highest BCUT2D eigenvalue weighted by Gasteiger charge is 2.28. The van der Waals surface area contributed by atoms with Crippen LogP contribution in [0.4, 0.5) is 0 Å². The number of carbonyl (C=O) groups excluding carboxylic acids is 1. The summed E-state index contributed by atoms with van der Waals surface area (Å²) in [5.74, 6) is -0.126. The van der Waals surface area contributed by atoms with Gasteiger partial charge < -0.3 is 5.32 Å². The van der Waals surface area contributed by atoms with Gasteiger partial charge in [-0.2, -0.15) is 5.10 Å². The van der Waals surface area contributed by atoms with Crippen molar-refractivity contribution in [3.63, 3.8) is 0 Å². The lowest BCUT2D eigenvalue weighted by Gasteiger charge is -2.32. The minimum atomic E-state index is -0.249. The first kappa shape index (κ1) is 17.9. The van der Waals surface area contributed by atoms with Gasteiger partial charge in [0.25, 0.3) is 5.56 Å². The first-order valence-electron chi connectivity index (χ1n) is 8.67. The van der Waals surface area contributed by atoms with Crippen LogP contribution in [0.25, 0.3) is 10.8 Å². The largest absolute Gasteiger partial charge is 0.348 e. The molecule has 0 spiro atoms. The van der Waals surface area contributed by atoms with Crippen LogP contribution in [0.15, 0.2) is 59.4 Å². The Morgan fingerprint density at radius 1 is 1.04 bits per heavy atom. The van der Waals surface area contributed by atoms with Crippen molar-refractivity contribution in [1.82, 2.24) is 15.5 Å². The lowest BCUT2D eigenvalue weighted by Crippen LogP contribution is -2.37. The maximum absolute atomic E-state index is 12.7. The molecular formula is C21H23N3O2. The van der Waals surface area contributed by atoms with E-state index in [0.29, 0.717) is 16.5 Å². The van der Waals surface area contributed by atoms with Crippen LogP contribution in [-0.2, 0) is 11.2 Å². The zero-order valence-electron chi connectivity index (χ0n) is 15.2. The number of nitrogens with one attached hydrogen (secondary N) is 2. The summed E-state index contributed by atoms with van der Waals surface area (Å²) in [5.41, 5.74) is 1.24.